The third-order valence-electron chi connectivity index (χ3n) is 4.29. The summed E-state index contributed by atoms with van der Waals surface area (Å²) in [6.45, 7) is 2.01. The van der Waals surface area contributed by atoms with Crippen LogP contribution in [0.4, 0.5) is 4.39 Å². The van der Waals surface area contributed by atoms with Crippen LogP contribution in [0.15, 0.2) is 53.3 Å². The maximum Gasteiger partial charge on any atom is 0.275 e. The maximum atomic E-state index is 13.2. The third-order valence-corrected chi connectivity index (χ3v) is 5.52. The molecule has 0 saturated carbocycles. The van der Waals surface area contributed by atoms with Gasteiger partial charge in [-0.1, -0.05) is 47.2 Å². The second-order valence-corrected chi connectivity index (χ2v) is 7.68. The number of aromatic nitrogens is 3. The lowest BCUT2D eigenvalue weighted by molar-refractivity contribution is 0.0950. The predicted octanol–water partition coefficient (Wildman–Crippen LogP) is 3.85. The van der Waals surface area contributed by atoms with Crippen molar-refractivity contribution in [2.45, 2.75) is 13.5 Å². The molecule has 0 aliphatic rings. The summed E-state index contributed by atoms with van der Waals surface area (Å²) in [6, 6.07) is 12.8. The number of hydrogen-bond donors (Lipinski definition) is 1. The summed E-state index contributed by atoms with van der Waals surface area (Å²) in [6.07, 6.45) is 0. The van der Waals surface area contributed by atoms with Crippen molar-refractivity contribution in [3.05, 3.63) is 86.5 Å². The summed E-state index contributed by atoms with van der Waals surface area (Å²) in [5, 5.41) is 7.58. The van der Waals surface area contributed by atoms with Gasteiger partial charge in [0.1, 0.15) is 10.8 Å². The summed E-state index contributed by atoms with van der Waals surface area (Å²) in [7, 11) is 0. The van der Waals surface area contributed by atoms with Crippen LogP contribution in [-0.2, 0) is 6.54 Å². The van der Waals surface area contributed by atoms with E-state index in [1.807, 2.05) is 31.2 Å². The normalized spacial score (nSPS) is 11.0. The molecule has 6 nitrogen and oxygen atoms in total. The SMILES string of the molecule is Cc1ccccc1-c1nn2c(=O)cc(CNC(=O)c3ccc(F)c(Cl)c3)nc2s1. The molecule has 1 amide bonds. The summed E-state index contributed by atoms with van der Waals surface area (Å²) < 4.78 is 14.5. The van der Waals surface area contributed by atoms with E-state index in [1.165, 1.54) is 34.1 Å². The molecule has 2 aromatic carbocycles. The first-order valence-corrected chi connectivity index (χ1v) is 9.81. The van der Waals surface area contributed by atoms with Crippen molar-refractivity contribution in [2.24, 2.45) is 0 Å². The van der Waals surface area contributed by atoms with E-state index in [2.05, 4.69) is 15.4 Å². The molecule has 2 heterocycles. The summed E-state index contributed by atoms with van der Waals surface area (Å²) in [5.74, 6) is -1.04. The van der Waals surface area contributed by atoms with Gasteiger partial charge in [-0.3, -0.25) is 9.59 Å². The molecule has 0 aliphatic carbocycles. The van der Waals surface area contributed by atoms with Gasteiger partial charge in [-0.25, -0.2) is 9.37 Å². The minimum absolute atomic E-state index is 0.0389. The Labute approximate surface area is 173 Å². The summed E-state index contributed by atoms with van der Waals surface area (Å²) >= 11 is 7.00. The maximum absolute atomic E-state index is 13.2. The second kappa shape index (κ2) is 7.73. The zero-order valence-corrected chi connectivity index (χ0v) is 16.7. The highest BCUT2D eigenvalue weighted by Gasteiger charge is 2.13. The summed E-state index contributed by atoms with van der Waals surface area (Å²) in [5.41, 5.74) is 2.26. The van der Waals surface area contributed by atoms with Crippen LogP contribution >= 0.6 is 22.9 Å². The Kier molecular flexibility index (Phi) is 5.12. The van der Waals surface area contributed by atoms with E-state index in [0.29, 0.717) is 15.7 Å². The number of nitrogens with one attached hydrogen (secondary N) is 1. The molecule has 0 unspecified atom stereocenters. The molecule has 146 valence electrons. The smallest absolute Gasteiger partial charge is 0.275 e. The number of fused-ring (bicyclic) bond motifs is 1. The van der Waals surface area contributed by atoms with Gasteiger partial charge < -0.3 is 5.32 Å². The Balaban J connectivity index is 1.58. The molecule has 0 radical (unpaired) electrons. The van der Waals surface area contributed by atoms with Gasteiger partial charge in [-0.2, -0.15) is 9.61 Å². The quantitative estimate of drug-likeness (QED) is 0.535. The highest BCUT2D eigenvalue weighted by atomic mass is 35.5. The van der Waals surface area contributed by atoms with Crippen LogP contribution < -0.4 is 10.9 Å². The molecule has 0 atom stereocenters. The van der Waals surface area contributed by atoms with Crippen molar-refractivity contribution in [3.63, 3.8) is 0 Å². The molecule has 4 rings (SSSR count). The Morgan fingerprint density at radius 2 is 2.03 bits per heavy atom. The first-order chi connectivity index (χ1) is 13.9. The number of hydrogen-bond acceptors (Lipinski definition) is 5. The molecule has 2 aromatic heterocycles. The average molecular weight is 429 g/mol. The number of carbonyl (C=O) groups excluding carboxylic acids is 1. The monoisotopic (exact) mass is 428 g/mol. The van der Waals surface area contributed by atoms with Gasteiger partial charge in [0, 0.05) is 17.2 Å². The van der Waals surface area contributed by atoms with Gasteiger partial charge in [0.05, 0.1) is 17.3 Å². The highest BCUT2D eigenvalue weighted by molar-refractivity contribution is 7.19. The Bertz CT molecular complexity index is 1300. The predicted molar refractivity (Wildman–Crippen MR) is 110 cm³/mol. The molecule has 0 fully saturated rings. The number of carbonyl (C=O) groups is 1. The van der Waals surface area contributed by atoms with Crippen LogP contribution in [0.5, 0.6) is 0 Å². The van der Waals surface area contributed by atoms with E-state index in [4.69, 9.17) is 11.6 Å². The van der Waals surface area contributed by atoms with Gasteiger partial charge in [0.15, 0.2) is 0 Å². The number of aryl methyl sites for hydroxylation is 1. The molecule has 0 saturated heterocycles. The van der Waals surface area contributed by atoms with Gasteiger partial charge in [-0.05, 0) is 30.7 Å². The third kappa shape index (κ3) is 3.90. The fourth-order valence-corrected chi connectivity index (χ4v) is 3.97. The summed E-state index contributed by atoms with van der Waals surface area (Å²) in [4.78, 5) is 29.5. The van der Waals surface area contributed by atoms with Crippen LogP contribution in [0.1, 0.15) is 21.6 Å². The van der Waals surface area contributed by atoms with Gasteiger partial charge in [0.25, 0.3) is 11.5 Å². The molecule has 4 aromatic rings. The van der Waals surface area contributed by atoms with Crippen LogP contribution in [0, 0.1) is 12.7 Å². The van der Waals surface area contributed by atoms with E-state index >= 15 is 0 Å². The van der Waals surface area contributed by atoms with Gasteiger partial charge in [-0.15, -0.1) is 0 Å². The molecule has 0 aliphatic heterocycles. The molecule has 0 bridgehead atoms. The van der Waals surface area contributed by atoms with Crippen LogP contribution in [-0.4, -0.2) is 20.5 Å². The number of amides is 1. The Morgan fingerprint density at radius 1 is 1.24 bits per heavy atom. The van der Waals surface area contributed by atoms with Crippen molar-refractivity contribution in [1.29, 1.82) is 0 Å². The van der Waals surface area contributed by atoms with E-state index in [1.54, 1.807) is 0 Å². The van der Waals surface area contributed by atoms with Crippen LogP contribution in [0.3, 0.4) is 0 Å². The Morgan fingerprint density at radius 3 is 2.79 bits per heavy atom. The fourth-order valence-electron chi connectivity index (χ4n) is 2.78. The average Bonchev–Trinajstić information content (AvgIpc) is 3.13. The molecule has 29 heavy (non-hydrogen) atoms. The Hall–Kier alpha value is -3.10. The first-order valence-electron chi connectivity index (χ1n) is 8.61. The van der Waals surface area contributed by atoms with Crippen molar-refractivity contribution in [3.8, 4) is 10.6 Å². The fraction of sp³-hybridized carbons (Fsp3) is 0.100. The largest absolute Gasteiger partial charge is 0.346 e. The second-order valence-electron chi connectivity index (χ2n) is 6.31. The number of benzene rings is 2. The lowest BCUT2D eigenvalue weighted by Crippen LogP contribution is -2.25. The van der Waals surface area contributed by atoms with Crippen molar-refractivity contribution < 1.29 is 9.18 Å². The van der Waals surface area contributed by atoms with E-state index in [9.17, 15) is 14.0 Å². The van der Waals surface area contributed by atoms with E-state index in [-0.39, 0.29) is 22.7 Å². The van der Waals surface area contributed by atoms with Crippen molar-refractivity contribution in [1.82, 2.24) is 19.9 Å². The zero-order chi connectivity index (χ0) is 20.5. The van der Waals surface area contributed by atoms with Gasteiger partial charge in [0.2, 0.25) is 4.96 Å². The number of nitrogens with zero attached hydrogens (tertiary/aromatic N) is 3. The lowest BCUT2D eigenvalue weighted by Gasteiger charge is -2.05. The first kappa shape index (κ1) is 19.2. The van der Waals surface area contributed by atoms with E-state index in [0.717, 1.165) is 17.2 Å². The number of rotatable bonds is 4. The number of halogens is 2. The van der Waals surface area contributed by atoms with Gasteiger partial charge >= 0.3 is 0 Å². The van der Waals surface area contributed by atoms with Crippen LogP contribution in [0.25, 0.3) is 15.5 Å². The van der Waals surface area contributed by atoms with Crippen LogP contribution in [0.2, 0.25) is 5.02 Å². The standard InChI is InChI=1S/C20H14ClFN4O2S/c1-11-4-2-3-5-14(11)19-25-26-17(27)9-13(24-20(26)29-19)10-23-18(28)12-6-7-16(22)15(21)8-12/h2-9H,10H2,1H3,(H,23,28). The topological polar surface area (TPSA) is 76.4 Å². The molecule has 9 heteroatoms. The van der Waals surface area contributed by atoms with Crippen molar-refractivity contribution >= 4 is 33.8 Å². The molecular weight excluding hydrogens is 415 g/mol. The minimum atomic E-state index is -0.599. The minimum Gasteiger partial charge on any atom is -0.346 e. The molecule has 1 N–H and O–H groups in total. The highest BCUT2D eigenvalue weighted by Crippen LogP contribution is 2.26. The van der Waals surface area contributed by atoms with Crippen molar-refractivity contribution in [2.75, 3.05) is 0 Å². The zero-order valence-electron chi connectivity index (χ0n) is 15.1. The molecular formula is C20H14ClFN4O2S. The lowest BCUT2D eigenvalue weighted by atomic mass is 10.1. The molecule has 0 spiro atoms. The van der Waals surface area contributed by atoms with E-state index < -0.39 is 11.7 Å².